The highest BCUT2D eigenvalue weighted by Crippen LogP contribution is 2.41. The SMILES string of the molecule is COC1(CNC(=O)NC(C)Cn2cncn2)CCC(C)(C)CC1. The van der Waals surface area contributed by atoms with Crippen molar-refractivity contribution in [1.29, 1.82) is 0 Å². The molecule has 2 N–H and O–H groups in total. The first kappa shape index (κ1) is 17.7. The monoisotopic (exact) mass is 323 g/mol. The van der Waals surface area contributed by atoms with Gasteiger partial charge in [0, 0.05) is 19.7 Å². The standard InChI is InChI=1S/C16H29N5O2/c1-13(9-21-12-17-11-19-21)20-14(22)18-10-16(23-4)7-5-15(2,3)6-8-16/h11-13H,5-10H2,1-4H3,(H2,18,20,22). The number of nitrogens with one attached hydrogen (secondary N) is 2. The fourth-order valence-electron chi connectivity index (χ4n) is 3.00. The molecule has 1 aromatic rings. The van der Waals surface area contributed by atoms with E-state index in [0.29, 0.717) is 18.5 Å². The minimum Gasteiger partial charge on any atom is -0.376 e. The molecule has 7 heteroatoms. The molecule has 7 nitrogen and oxygen atoms in total. The molecule has 0 bridgehead atoms. The molecule has 1 fully saturated rings. The summed E-state index contributed by atoms with van der Waals surface area (Å²) in [5.41, 5.74) is 0.138. The largest absolute Gasteiger partial charge is 0.376 e. The highest BCUT2D eigenvalue weighted by molar-refractivity contribution is 5.74. The van der Waals surface area contributed by atoms with Gasteiger partial charge in [0.05, 0.1) is 12.1 Å². The van der Waals surface area contributed by atoms with E-state index in [1.165, 1.54) is 6.33 Å². The zero-order valence-corrected chi connectivity index (χ0v) is 14.6. The summed E-state index contributed by atoms with van der Waals surface area (Å²) in [6.07, 6.45) is 7.32. The van der Waals surface area contributed by atoms with Crippen LogP contribution in [-0.2, 0) is 11.3 Å². The van der Waals surface area contributed by atoms with Crippen LogP contribution in [0.15, 0.2) is 12.7 Å². The second-order valence-electron chi connectivity index (χ2n) is 7.40. The number of carbonyl (C=O) groups excluding carboxylic acids is 1. The van der Waals surface area contributed by atoms with Gasteiger partial charge in [-0.2, -0.15) is 5.10 Å². The van der Waals surface area contributed by atoms with Gasteiger partial charge in [0.25, 0.3) is 0 Å². The fourth-order valence-corrected chi connectivity index (χ4v) is 3.00. The van der Waals surface area contributed by atoms with Gasteiger partial charge in [-0.3, -0.25) is 4.68 Å². The van der Waals surface area contributed by atoms with Gasteiger partial charge >= 0.3 is 6.03 Å². The summed E-state index contributed by atoms with van der Waals surface area (Å²) in [4.78, 5) is 16.0. The summed E-state index contributed by atoms with van der Waals surface area (Å²) in [5.74, 6) is 0. The lowest BCUT2D eigenvalue weighted by Gasteiger charge is -2.42. The molecule has 0 saturated heterocycles. The van der Waals surface area contributed by atoms with Crippen LogP contribution >= 0.6 is 0 Å². The van der Waals surface area contributed by atoms with E-state index in [0.717, 1.165) is 25.7 Å². The molecule has 2 rings (SSSR count). The number of hydrogen-bond donors (Lipinski definition) is 2. The Morgan fingerprint density at radius 3 is 2.61 bits per heavy atom. The first-order valence-electron chi connectivity index (χ1n) is 8.26. The van der Waals surface area contributed by atoms with Gasteiger partial charge < -0.3 is 15.4 Å². The molecule has 0 radical (unpaired) electrons. The highest BCUT2D eigenvalue weighted by Gasteiger charge is 2.38. The van der Waals surface area contributed by atoms with E-state index >= 15 is 0 Å². The average molecular weight is 323 g/mol. The van der Waals surface area contributed by atoms with Crippen LogP contribution in [0.5, 0.6) is 0 Å². The van der Waals surface area contributed by atoms with E-state index in [1.807, 2.05) is 6.92 Å². The van der Waals surface area contributed by atoms with Crippen molar-refractivity contribution in [1.82, 2.24) is 25.4 Å². The maximum absolute atomic E-state index is 12.1. The molecule has 23 heavy (non-hydrogen) atoms. The average Bonchev–Trinajstić information content (AvgIpc) is 2.99. The quantitative estimate of drug-likeness (QED) is 0.838. The normalized spacial score (nSPS) is 20.7. The number of nitrogens with zero attached hydrogens (tertiary/aromatic N) is 3. The maximum atomic E-state index is 12.1. The van der Waals surface area contributed by atoms with Crippen molar-refractivity contribution in [2.45, 2.75) is 64.6 Å². The van der Waals surface area contributed by atoms with Gasteiger partial charge in [-0.05, 0) is 38.0 Å². The zero-order chi connectivity index (χ0) is 16.9. The lowest BCUT2D eigenvalue weighted by atomic mass is 9.71. The molecule has 0 spiro atoms. The number of urea groups is 1. The van der Waals surface area contributed by atoms with Crippen molar-refractivity contribution in [3.05, 3.63) is 12.7 Å². The van der Waals surface area contributed by atoms with E-state index in [4.69, 9.17) is 4.74 Å². The number of ether oxygens (including phenoxy) is 1. The number of carbonyl (C=O) groups is 1. The van der Waals surface area contributed by atoms with Crippen LogP contribution in [0.2, 0.25) is 0 Å². The van der Waals surface area contributed by atoms with Crippen molar-refractivity contribution in [2.75, 3.05) is 13.7 Å². The van der Waals surface area contributed by atoms with E-state index in [-0.39, 0.29) is 17.7 Å². The lowest BCUT2D eigenvalue weighted by molar-refractivity contribution is -0.0575. The van der Waals surface area contributed by atoms with Gasteiger partial charge in [-0.1, -0.05) is 13.8 Å². The predicted molar refractivity (Wildman–Crippen MR) is 88.0 cm³/mol. The Bertz CT molecular complexity index is 491. The summed E-state index contributed by atoms with van der Waals surface area (Å²) in [7, 11) is 1.74. The van der Waals surface area contributed by atoms with Crippen LogP contribution in [-0.4, -0.2) is 46.1 Å². The highest BCUT2D eigenvalue weighted by atomic mass is 16.5. The molecule has 1 aliphatic carbocycles. The van der Waals surface area contributed by atoms with Gasteiger partial charge in [0.1, 0.15) is 12.7 Å². The second kappa shape index (κ2) is 7.29. The van der Waals surface area contributed by atoms with Crippen molar-refractivity contribution >= 4 is 6.03 Å². The van der Waals surface area contributed by atoms with Crippen LogP contribution in [0.1, 0.15) is 46.5 Å². The Kier molecular flexibility index (Phi) is 5.62. The van der Waals surface area contributed by atoms with E-state index in [1.54, 1.807) is 18.1 Å². The number of amides is 2. The summed E-state index contributed by atoms with van der Waals surface area (Å²) >= 11 is 0. The first-order chi connectivity index (χ1) is 10.8. The number of rotatable bonds is 6. The Balaban J connectivity index is 1.76. The summed E-state index contributed by atoms with van der Waals surface area (Å²) in [5, 5.41) is 9.92. The Hall–Kier alpha value is -1.63. The van der Waals surface area contributed by atoms with Gasteiger partial charge in [0.2, 0.25) is 0 Å². The number of methoxy groups -OCH3 is 1. The molecule has 1 atom stereocenters. The smallest absolute Gasteiger partial charge is 0.315 e. The summed E-state index contributed by atoms with van der Waals surface area (Å²) in [6.45, 7) is 7.66. The fraction of sp³-hybridized carbons (Fsp3) is 0.812. The second-order valence-corrected chi connectivity index (χ2v) is 7.40. The molecule has 2 amide bonds. The molecule has 1 aromatic heterocycles. The molecule has 1 heterocycles. The molecule has 1 aliphatic rings. The van der Waals surface area contributed by atoms with E-state index in [2.05, 4.69) is 34.6 Å². The minimum absolute atomic E-state index is 0.0273. The molecule has 1 saturated carbocycles. The van der Waals surface area contributed by atoms with E-state index in [9.17, 15) is 4.79 Å². The minimum atomic E-state index is -0.234. The van der Waals surface area contributed by atoms with Crippen molar-refractivity contribution in [3.8, 4) is 0 Å². The Morgan fingerprint density at radius 2 is 2.04 bits per heavy atom. The Morgan fingerprint density at radius 1 is 1.35 bits per heavy atom. The first-order valence-corrected chi connectivity index (χ1v) is 8.26. The maximum Gasteiger partial charge on any atom is 0.315 e. The molecular formula is C16H29N5O2. The van der Waals surface area contributed by atoms with Crippen LogP contribution in [0.25, 0.3) is 0 Å². The number of hydrogen-bond acceptors (Lipinski definition) is 4. The number of aromatic nitrogens is 3. The molecule has 0 aromatic carbocycles. The van der Waals surface area contributed by atoms with Crippen LogP contribution in [0.3, 0.4) is 0 Å². The van der Waals surface area contributed by atoms with Crippen LogP contribution in [0, 0.1) is 5.41 Å². The summed E-state index contributed by atoms with van der Waals surface area (Å²) < 4.78 is 7.45. The molecule has 0 aliphatic heterocycles. The van der Waals surface area contributed by atoms with Gasteiger partial charge in [0.15, 0.2) is 0 Å². The summed E-state index contributed by atoms with van der Waals surface area (Å²) in [6, 6.07) is -0.195. The van der Waals surface area contributed by atoms with E-state index < -0.39 is 0 Å². The predicted octanol–water partition coefficient (Wildman–Crippen LogP) is 1.95. The third-order valence-electron chi connectivity index (χ3n) is 4.82. The third kappa shape index (κ3) is 5.20. The third-order valence-corrected chi connectivity index (χ3v) is 4.82. The lowest BCUT2D eigenvalue weighted by Crippen LogP contribution is -2.51. The molecule has 1 unspecified atom stereocenters. The topological polar surface area (TPSA) is 81.1 Å². The van der Waals surface area contributed by atoms with Crippen molar-refractivity contribution in [2.24, 2.45) is 5.41 Å². The van der Waals surface area contributed by atoms with Crippen molar-refractivity contribution < 1.29 is 9.53 Å². The molecule has 130 valence electrons. The molecular weight excluding hydrogens is 294 g/mol. The Labute approximate surface area is 138 Å². The zero-order valence-electron chi connectivity index (χ0n) is 14.6. The van der Waals surface area contributed by atoms with Crippen LogP contribution in [0.4, 0.5) is 4.79 Å². The van der Waals surface area contributed by atoms with Gasteiger partial charge in [-0.15, -0.1) is 0 Å². The van der Waals surface area contributed by atoms with Gasteiger partial charge in [-0.25, -0.2) is 9.78 Å². The van der Waals surface area contributed by atoms with Crippen molar-refractivity contribution in [3.63, 3.8) is 0 Å². The van der Waals surface area contributed by atoms with Crippen LogP contribution < -0.4 is 10.6 Å².